The molecule has 5 rings (SSSR count). The summed E-state index contributed by atoms with van der Waals surface area (Å²) in [5.74, 6) is -0.958. The predicted octanol–water partition coefficient (Wildman–Crippen LogP) is 4.54. The van der Waals surface area contributed by atoms with E-state index in [2.05, 4.69) is 25.9 Å². The molecule has 3 aromatic carbocycles. The van der Waals surface area contributed by atoms with Gasteiger partial charge >= 0.3 is 6.18 Å². The number of sulfonamides is 1. The fourth-order valence-electron chi connectivity index (χ4n) is 4.03. The van der Waals surface area contributed by atoms with Crippen LogP contribution in [0.4, 0.5) is 24.5 Å². The number of alkyl halides is 3. The molecule has 0 atom stereocenters. The molecule has 1 aliphatic rings. The van der Waals surface area contributed by atoms with Crippen LogP contribution in [-0.2, 0) is 22.6 Å². The first-order valence-electron chi connectivity index (χ1n) is 10.7. The molecule has 37 heavy (non-hydrogen) atoms. The number of tetrazole rings is 1. The quantitative estimate of drug-likeness (QED) is 0.378. The lowest BCUT2D eigenvalue weighted by molar-refractivity contribution is -0.137. The van der Waals surface area contributed by atoms with Gasteiger partial charge in [-0.05, 0) is 65.7 Å². The number of fused-ring (bicyclic) bond motifs is 1. The number of hydrogen-bond donors (Lipinski definition) is 2. The average molecular weight is 549 g/mol. The second-order valence-corrected chi connectivity index (χ2v) is 10.4. The zero-order valence-corrected chi connectivity index (χ0v) is 20.2. The Morgan fingerprint density at radius 3 is 2.59 bits per heavy atom. The van der Waals surface area contributed by atoms with E-state index in [1.807, 2.05) is 0 Å². The summed E-state index contributed by atoms with van der Waals surface area (Å²) in [5.41, 5.74) is -0.378. The molecule has 1 aliphatic heterocycles. The van der Waals surface area contributed by atoms with E-state index in [9.17, 15) is 26.4 Å². The lowest BCUT2D eigenvalue weighted by Gasteiger charge is -2.20. The van der Waals surface area contributed by atoms with E-state index in [0.29, 0.717) is 17.7 Å². The third kappa shape index (κ3) is 4.74. The van der Waals surface area contributed by atoms with Crippen LogP contribution >= 0.6 is 11.6 Å². The summed E-state index contributed by atoms with van der Waals surface area (Å²) < 4.78 is 68.7. The molecule has 0 fully saturated rings. The molecule has 1 amide bonds. The number of rotatable bonds is 5. The number of carbonyl (C=O) groups excluding carboxylic acids is 1. The van der Waals surface area contributed by atoms with Crippen LogP contribution in [0, 0.1) is 0 Å². The molecule has 190 valence electrons. The number of anilines is 2. The van der Waals surface area contributed by atoms with Gasteiger partial charge in [-0.25, -0.2) is 8.42 Å². The summed E-state index contributed by atoms with van der Waals surface area (Å²) in [6, 6.07) is 13.5. The Labute approximate surface area is 213 Å². The van der Waals surface area contributed by atoms with E-state index >= 15 is 0 Å². The van der Waals surface area contributed by atoms with Gasteiger partial charge in [0, 0.05) is 28.4 Å². The molecule has 2 heterocycles. The lowest BCUT2D eigenvalue weighted by atomic mass is 10.0. The molecule has 14 heteroatoms. The van der Waals surface area contributed by atoms with Crippen LogP contribution in [-0.4, -0.2) is 41.5 Å². The molecule has 0 saturated carbocycles. The van der Waals surface area contributed by atoms with E-state index in [-0.39, 0.29) is 39.1 Å². The van der Waals surface area contributed by atoms with Crippen LogP contribution in [0.25, 0.3) is 11.4 Å². The monoisotopic (exact) mass is 548 g/mol. The van der Waals surface area contributed by atoms with E-state index in [1.54, 1.807) is 12.1 Å². The SMILES string of the molecule is O=C(Nc1ccc(-c2nn[nH]n2)c(C(F)(F)F)c1)c1ccc2c(c1)N(S(=O)(=O)c1cccc(Cl)c1)CC2. The van der Waals surface area contributed by atoms with Crippen LogP contribution in [0.1, 0.15) is 21.5 Å². The number of benzene rings is 3. The second-order valence-electron chi connectivity index (χ2n) is 8.08. The highest BCUT2D eigenvalue weighted by Gasteiger charge is 2.35. The van der Waals surface area contributed by atoms with Gasteiger partial charge in [-0.1, -0.05) is 23.7 Å². The van der Waals surface area contributed by atoms with Gasteiger partial charge in [-0.15, -0.1) is 10.2 Å². The van der Waals surface area contributed by atoms with E-state index in [4.69, 9.17) is 11.6 Å². The highest BCUT2D eigenvalue weighted by Crippen LogP contribution is 2.38. The molecule has 4 aromatic rings. The lowest BCUT2D eigenvalue weighted by Crippen LogP contribution is -2.29. The number of nitrogens with one attached hydrogen (secondary N) is 2. The largest absolute Gasteiger partial charge is 0.417 e. The summed E-state index contributed by atoms with van der Waals surface area (Å²) in [6.07, 6.45) is -4.32. The van der Waals surface area contributed by atoms with Gasteiger partial charge < -0.3 is 5.32 Å². The number of aromatic nitrogens is 4. The fourth-order valence-corrected chi connectivity index (χ4v) is 5.82. The number of carbonyl (C=O) groups is 1. The third-order valence-electron chi connectivity index (χ3n) is 5.75. The minimum Gasteiger partial charge on any atom is -0.322 e. The molecule has 2 N–H and O–H groups in total. The fraction of sp³-hybridized carbons (Fsp3) is 0.130. The van der Waals surface area contributed by atoms with Crippen molar-refractivity contribution in [3.63, 3.8) is 0 Å². The van der Waals surface area contributed by atoms with E-state index < -0.39 is 27.7 Å². The molecule has 9 nitrogen and oxygen atoms in total. The van der Waals surface area contributed by atoms with Crippen molar-refractivity contribution in [1.29, 1.82) is 0 Å². The molecule has 0 bridgehead atoms. The smallest absolute Gasteiger partial charge is 0.322 e. The third-order valence-corrected chi connectivity index (χ3v) is 7.80. The summed E-state index contributed by atoms with van der Waals surface area (Å²) >= 11 is 5.96. The Bertz CT molecular complexity index is 1610. The number of halogens is 4. The zero-order valence-electron chi connectivity index (χ0n) is 18.6. The number of amides is 1. The van der Waals surface area contributed by atoms with Gasteiger partial charge in [0.15, 0.2) is 0 Å². The standard InChI is InChI=1S/C23H16ClF3N6O3S/c24-15-2-1-3-17(11-15)37(35,36)33-9-8-13-4-5-14(10-20(13)33)22(34)28-16-6-7-18(21-29-31-32-30-21)19(12-16)23(25,26)27/h1-7,10-12H,8-9H2,(H,28,34)(H,29,30,31,32). The van der Waals surface area contributed by atoms with Crippen molar-refractivity contribution in [3.05, 3.63) is 82.4 Å². The van der Waals surface area contributed by atoms with Crippen molar-refractivity contribution in [2.75, 3.05) is 16.2 Å². The average Bonchev–Trinajstić information content (AvgIpc) is 3.53. The first kappa shape index (κ1) is 24.7. The summed E-state index contributed by atoms with van der Waals surface area (Å²) in [5, 5.41) is 15.3. The van der Waals surface area contributed by atoms with E-state index in [0.717, 1.165) is 12.1 Å². The number of H-pyrrole nitrogens is 1. The minimum absolute atomic E-state index is 0.00377. The Kier molecular flexibility index (Phi) is 6.12. The molecule has 1 aromatic heterocycles. The van der Waals surface area contributed by atoms with Gasteiger partial charge in [0.2, 0.25) is 5.82 Å². The van der Waals surface area contributed by atoms with Crippen LogP contribution < -0.4 is 9.62 Å². The maximum absolute atomic E-state index is 13.7. The van der Waals surface area contributed by atoms with Gasteiger partial charge in [-0.2, -0.15) is 18.4 Å². The summed E-state index contributed by atoms with van der Waals surface area (Å²) in [6.45, 7) is 0.168. The van der Waals surface area contributed by atoms with Crippen LogP contribution in [0.5, 0.6) is 0 Å². The number of hydrogen-bond acceptors (Lipinski definition) is 6. The number of aromatic amines is 1. The predicted molar refractivity (Wildman–Crippen MR) is 129 cm³/mol. The molecular weight excluding hydrogens is 533 g/mol. The van der Waals surface area contributed by atoms with Gasteiger partial charge in [0.1, 0.15) is 0 Å². The van der Waals surface area contributed by atoms with Crippen LogP contribution in [0.3, 0.4) is 0 Å². The van der Waals surface area contributed by atoms with Crippen LogP contribution in [0.15, 0.2) is 65.6 Å². The first-order valence-corrected chi connectivity index (χ1v) is 12.5. The molecule has 0 saturated heterocycles. The topological polar surface area (TPSA) is 121 Å². The second kappa shape index (κ2) is 9.16. The molecule has 0 radical (unpaired) electrons. The van der Waals surface area contributed by atoms with Crippen molar-refractivity contribution < 1.29 is 26.4 Å². The summed E-state index contributed by atoms with van der Waals surface area (Å²) in [7, 11) is -3.95. The molecule has 0 aliphatic carbocycles. The zero-order chi connectivity index (χ0) is 26.4. The van der Waals surface area contributed by atoms with Gasteiger partial charge in [0.25, 0.3) is 15.9 Å². The summed E-state index contributed by atoms with van der Waals surface area (Å²) in [4.78, 5) is 12.9. The van der Waals surface area contributed by atoms with Gasteiger partial charge in [-0.3, -0.25) is 9.10 Å². The van der Waals surface area contributed by atoms with E-state index in [1.165, 1.54) is 40.7 Å². The van der Waals surface area contributed by atoms with Crippen molar-refractivity contribution in [2.24, 2.45) is 0 Å². The molecular formula is C23H16ClF3N6O3S. The van der Waals surface area contributed by atoms with Crippen molar-refractivity contribution in [2.45, 2.75) is 17.5 Å². The highest BCUT2D eigenvalue weighted by atomic mass is 35.5. The Morgan fingerprint density at radius 1 is 1.08 bits per heavy atom. The van der Waals surface area contributed by atoms with Gasteiger partial charge in [0.05, 0.1) is 16.1 Å². The Hall–Kier alpha value is -3.97. The Balaban J connectivity index is 1.44. The van der Waals surface area contributed by atoms with Crippen molar-refractivity contribution in [1.82, 2.24) is 20.6 Å². The minimum atomic E-state index is -4.75. The van der Waals surface area contributed by atoms with Crippen molar-refractivity contribution >= 4 is 38.9 Å². The molecule has 0 unspecified atom stereocenters. The highest BCUT2D eigenvalue weighted by molar-refractivity contribution is 7.92. The maximum Gasteiger partial charge on any atom is 0.417 e. The van der Waals surface area contributed by atoms with Crippen LogP contribution in [0.2, 0.25) is 5.02 Å². The first-order chi connectivity index (χ1) is 17.5. The molecule has 0 spiro atoms. The Morgan fingerprint density at radius 2 is 1.89 bits per heavy atom. The maximum atomic E-state index is 13.7. The van der Waals surface area contributed by atoms with Crippen molar-refractivity contribution in [3.8, 4) is 11.4 Å². The number of nitrogens with zero attached hydrogens (tertiary/aromatic N) is 4. The normalized spacial score (nSPS) is 13.5.